The lowest BCUT2D eigenvalue weighted by molar-refractivity contribution is -0.115. The van der Waals surface area contributed by atoms with Crippen molar-refractivity contribution >= 4 is 40.2 Å². The van der Waals surface area contributed by atoms with Gasteiger partial charge in [-0.3, -0.25) is 4.79 Å². The summed E-state index contributed by atoms with van der Waals surface area (Å²) in [5, 5.41) is 5.45. The third kappa shape index (κ3) is 4.53. The summed E-state index contributed by atoms with van der Waals surface area (Å²) in [4.78, 5) is 17.7. The van der Waals surface area contributed by atoms with Crippen molar-refractivity contribution in [3.05, 3.63) is 69.4 Å². The number of aromatic nitrogens is 1. The van der Waals surface area contributed by atoms with Gasteiger partial charge in [-0.1, -0.05) is 17.7 Å². The van der Waals surface area contributed by atoms with E-state index in [1.54, 1.807) is 31.4 Å². The Kier molecular flexibility index (Phi) is 5.75. The molecule has 0 fully saturated rings. The number of nitrogens with one attached hydrogen (secondary N) is 1. The Morgan fingerprint density at radius 3 is 2.77 bits per heavy atom. The number of amides is 1. The van der Waals surface area contributed by atoms with Crippen LogP contribution in [0.2, 0.25) is 5.02 Å². The zero-order valence-electron chi connectivity index (χ0n) is 14.4. The fourth-order valence-corrected chi connectivity index (χ4v) is 3.40. The van der Waals surface area contributed by atoms with Gasteiger partial charge in [-0.05, 0) is 36.4 Å². The van der Waals surface area contributed by atoms with Gasteiger partial charge < -0.3 is 14.6 Å². The third-order valence-corrected chi connectivity index (χ3v) is 4.98. The highest BCUT2D eigenvalue weighted by Crippen LogP contribution is 2.19. The molecule has 0 aliphatic heterocycles. The van der Waals surface area contributed by atoms with Crippen molar-refractivity contribution in [3.8, 4) is 5.75 Å². The number of benzene rings is 2. The van der Waals surface area contributed by atoms with Crippen molar-refractivity contribution in [2.75, 3.05) is 12.4 Å². The summed E-state index contributed by atoms with van der Waals surface area (Å²) in [6.07, 6.45) is 0.267. The maximum absolute atomic E-state index is 12.3. The maximum atomic E-state index is 12.3. The van der Waals surface area contributed by atoms with Gasteiger partial charge in [-0.15, -0.1) is 11.3 Å². The standard InChI is InChI=1S/C19H18ClN3O2S/c1-23-16(11-18(24)21-14-8-6-13(20)7-9-14)12-26-19(23)22-15-4-3-5-17(10-15)25-2/h3-10,12H,11H2,1-2H3,(H,21,24). The highest BCUT2D eigenvalue weighted by molar-refractivity contribution is 7.07. The summed E-state index contributed by atoms with van der Waals surface area (Å²) in [7, 11) is 3.53. The monoisotopic (exact) mass is 387 g/mol. The van der Waals surface area contributed by atoms with Gasteiger partial charge in [0.05, 0.1) is 19.2 Å². The summed E-state index contributed by atoms with van der Waals surface area (Å²) in [5.74, 6) is 0.668. The Morgan fingerprint density at radius 2 is 2.04 bits per heavy atom. The molecule has 5 nitrogen and oxygen atoms in total. The molecule has 0 aliphatic rings. The molecule has 0 spiro atoms. The molecule has 7 heteroatoms. The van der Waals surface area contributed by atoms with E-state index in [1.165, 1.54) is 11.3 Å². The van der Waals surface area contributed by atoms with Crippen LogP contribution in [0.1, 0.15) is 5.69 Å². The Hall–Kier alpha value is -2.57. The molecule has 0 atom stereocenters. The van der Waals surface area contributed by atoms with E-state index in [9.17, 15) is 4.79 Å². The Bertz CT molecular complexity index is 977. The molecule has 134 valence electrons. The van der Waals surface area contributed by atoms with Crippen molar-refractivity contribution in [1.29, 1.82) is 0 Å². The fraction of sp³-hybridized carbons (Fsp3) is 0.158. The Morgan fingerprint density at radius 1 is 1.27 bits per heavy atom. The quantitative estimate of drug-likeness (QED) is 0.714. The minimum Gasteiger partial charge on any atom is -0.497 e. The Labute approximate surface area is 160 Å². The molecule has 0 unspecified atom stereocenters. The van der Waals surface area contributed by atoms with E-state index < -0.39 is 0 Å². The second-order valence-corrected chi connectivity index (χ2v) is 6.89. The van der Waals surface area contributed by atoms with Crippen LogP contribution in [-0.2, 0) is 18.3 Å². The van der Waals surface area contributed by atoms with Crippen molar-refractivity contribution in [3.63, 3.8) is 0 Å². The van der Waals surface area contributed by atoms with E-state index >= 15 is 0 Å². The zero-order chi connectivity index (χ0) is 18.5. The van der Waals surface area contributed by atoms with Crippen LogP contribution in [0.4, 0.5) is 11.4 Å². The van der Waals surface area contributed by atoms with E-state index in [1.807, 2.05) is 41.3 Å². The van der Waals surface area contributed by atoms with E-state index in [2.05, 4.69) is 10.3 Å². The molecule has 3 aromatic rings. The number of halogens is 1. The number of hydrogen-bond donors (Lipinski definition) is 1. The predicted molar refractivity (Wildman–Crippen MR) is 105 cm³/mol. The Balaban J connectivity index is 1.75. The number of methoxy groups -OCH3 is 1. The smallest absolute Gasteiger partial charge is 0.230 e. The number of hydrogen-bond acceptors (Lipinski definition) is 4. The van der Waals surface area contributed by atoms with Gasteiger partial charge >= 0.3 is 0 Å². The molecule has 26 heavy (non-hydrogen) atoms. The first-order valence-electron chi connectivity index (χ1n) is 7.93. The van der Waals surface area contributed by atoms with Crippen LogP contribution in [0.25, 0.3) is 0 Å². The molecule has 0 aliphatic carbocycles. The second kappa shape index (κ2) is 8.21. The first-order valence-corrected chi connectivity index (χ1v) is 9.18. The number of thiazole rings is 1. The fourth-order valence-electron chi connectivity index (χ4n) is 2.36. The number of carbonyl (C=O) groups is 1. The van der Waals surface area contributed by atoms with E-state index in [-0.39, 0.29) is 12.3 Å². The van der Waals surface area contributed by atoms with Gasteiger partial charge in [0.2, 0.25) is 5.91 Å². The molecular formula is C19H18ClN3O2S. The van der Waals surface area contributed by atoms with Crippen LogP contribution in [0.3, 0.4) is 0 Å². The van der Waals surface area contributed by atoms with Gasteiger partial charge in [0, 0.05) is 34.9 Å². The number of rotatable bonds is 5. The molecule has 1 aromatic heterocycles. The summed E-state index contributed by atoms with van der Waals surface area (Å²) in [6.45, 7) is 0. The number of carbonyl (C=O) groups excluding carboxylic acids is 1. The van der Waals surface area contributed by atoms with Crippen LogP contribution >= 0.6 is 22.9 Å². The van der Waals surface area contributed by atoms with Gasteiger partial charge in [-0.2, -0.15) is 0 Å². The molecule has 1 N–H and O–H groups in total. The van der Waals surface area contributed by atoms with Gasteiger partial charge in [-0.25, -0.2) is 4.99 Å². The SMILES string of the molecule is COc1cccc(N=c2scc(CC(=O)Nc3ccc(Cl)cc3)n2C)c1. The lowest BCUT2D eigenvalue weighted by Gasteiger charge is -2.06. The molecular weight excluding hydrogens is 370 g/mol. The van der Waals surface area contributed by atoms with Crippen molar-refractivity contribution in [2.24, 2.45) is 12.0 Å². The maximum Gasteiger partial charge on any atom is 0.230 e. The highest BCUT2D eigenvalue weighted by Gasteiger charge is 2.09. The highest BCUT2D eigenvalue weighted by atomic mass is 35.5. The van der Waals surface area contributed by atoms with Crippen LogP contribution in [0, 0.1) is 0 Å². The lowest BCUT2D eigenvalue weighted by atomic mass is 10.3. The average molecular weight is 388 g/mol. The van der Waals surface area contributed by atoms with E-state index in [0.717, 1.165) is 27.6 Å². The van der Waals surface area contributed by atoms with Crippen LogP contribution in [0.5, 0.6) is 5.75 Å². The van der Waals surface area contributed by atoms with E-state index in [0.29, 0.717) is 5.02 Å². The van der Waals surface area contributed by atoms with Gasteiger partial charge in [0.25, 0.3) is 0 Å². The summed E-state index contributed by atoms with van der Waals surface area (Å²) in [5.41, 5.74) is 2.42. The largest absolute Gasteiger partial charge is 0.497 e. The van der Waals surface area contributed by atoms with Crippen LogP contribution < -0.4 is 14.9 Å². The summed E-state index contributed by atoms with van der Waals surface area (Å²) in [6, 6.07) is 14.6. The molecule has 2 aromatic carbocycles. The van der Waals surface area contributed by atoms with Gasteiger partial charge in [0.15, 0.2) is 4.80 Å². The first kappa shape index (κ1) is 18.2. The molecule has 1 amide bonds. The van der Waals surface area contributed by atoms with Gasteiger partial charge in [0.1, 0.15) is 5.75 Å². The minimum absolute atomic E-state index is 0.0892. The average Bonchev–Trinajstić information content (AvgIpc) is 2.97. The third-order valence-electron chi connectivity index (χ3n) is 3.77. The van der Waals surface area contributed by atoms with Crippen molar-refractivity contribution < 1.29 is 9.53 Å². The normalized spacial score (nSPS) is 11.4. The van der Waals surface area contributed by atoms with Crippen molar-refractivity contribution in [2.45, 2.75) is 6.42 Å². The van der Waals surface area contributed by atoms with Crippen LogP contribution in [0.15, 0.2) is 58.9 Å². The molecule has 1 heterocycles. The molecule has 0 saturated heterocycles. The first-order chi connectivity index (χ1) is 12.5. The number of ether oxygens (including phenoxy) is 1. The topological polar surface area (TPSA) is 55.6 Å². The van der Waals surface area contributed by atoms with Crippen molar-refractivity contribution in [1.82, 2.24) is 4.57 Å². The van der Waals surface area contributed by atoms with E-state index in [4.69, 9.17) is 16.3 Å². The summed E-state index contributed by atoms with van der Waals surface area (Å²) < 4.78 is 7.14. The minimum atomic E-state index is -0.0892. The molecule has 0 radical (unpaired) electrons. The lowest BCUT2D eigenvalue weighted by Crippen LogP contribution is -2.19. The number of nitrogens with zero attached hydrogens (tertiary/aromatic N) is 2. The molecule has 0 bridgehead atoms. The second-order valence-electron chi connectivity index (χ2n) is 5.61. The molecule has 3 rings (SSSR count). The summed E-state index contributed by atoms with van der Waals surface area (Å²) >= 11 is 7.35. The van der Waals surface area contributed by atoms with Crippen LogP contribution in [-0.4, -0.2) is 17.6 Å². The number of anilines is 1. The molecule has 0 saturated carbocycles. The predicted octanol–water partition coefficient (Wildman–Crippen LogP) is 4.16. The zero-order valence-corrected chi connectivity index (χ0v) is 16.0.